The van der Waals surface area contributed by atoms with Gasteiger partial charge in [-0.05, 0) is 30.0 Å². The van der Waals surface area contributed by atoms with Crippen LogP contribution in [0.25, 0.3) is 0 Å². The van der Waals surface area contributed by atoms with Crippen LogP contribution in [0.2, 0.25) is 0 Å². The van der Waals surface area contributed by atoms with Crippen molar-refractivity contribution in [3.63, 3.8) is 0 Å². The maximum Gasteiger partial charge on any atom is 0.244 e. The maximum atomic E-state index is 12.4. The van der Waals surface area contributed by atoms with Gasteiger partial charge in [0.1, 0.15) is 10.6 Å². The normalized spacial score (nSPS) is 14.1. The zero-order valence-corrected chi connectivity index (χ0v) is 13.4. The first-order chi connectivity index (χ1) is 9.11. The lowest BCUT2D eigenvalue weighted by Crippen LogP contribution is -2.41. The zero-order valence-electron chi connectivity index (χ0n) is 12.6. The van der Waals surface area contributed by atoms with Gasteiger partial charge < -0.3 is 9.84 Å². The smallest absolute Gasteiger partial charge is 0.244 e. The molecule has 0 radical (unpaired) electrons. The second-order valence-corrected chi connectivity index (χ2v) is 7.53. The van der Waals surface area contributed by atoms with Gasteiger partial charge >= 0.3 is 0 Å². The lowest BCUT2D eigenvalue weighted by Gasteiger charge is -2.28. The second-order valence-electron chi connectivity index (χ2n) is 5.85. The standard InChI is InChI=1S/C14H23NO4S/c1-10(14(2,3)4)15-20(17,18)13-7-6-11(9-16)8-12(13)19-5/h6-8,10,15-16H,9H2,1-5H3. The maximum absolute atomic E-state index is 12.4. The first-order valence-electron chi connectivity index (χ1n) is 6.42. The molecule has 114 valence electrons. The van der Waals surface area contributed by atoms with Gasteiger partial charge in [0.25, 0.3) is 0 Å². The molecule has 0 aliphatic heterocycles. The summed E-state index contributed by atoms with van der Waals surface area (Å²) in [6.07, 6.45) is 0. The Morgan fingerprint density at radius 1 is 1.35 bits per heavy atom. The Hall–Kier alpha value is -1.11. The number of hydrogen-bond donors (Lipinski definition) is 2. The van der Waals surface area contributed by atoms with Crippen molar-refractivity contribution in [2.24, 2.45) is 5.41 Å². The van der Waals surface area contributed by atoms with Gasteiger partial charge in [0.05, 0.1) is 13.7 Å². The molecule has 0 aliphatic rings. The van der Waals surface area contributed by atoms with E-state index >= 15 is 0 Å². The van der Waals surface area contributed by atoms with Gasteiger partial charge in [-0.15, -0.1) is 0 Å². The average molecular weight is 301 g/mol. The average Bonchev–Trinajstić information content (AvgIpc) is 2.36. The van der Waals surface area contributed by atoms with Crippen molar-refractivity contribution in [1.82, 2.24) is 4.72 Å². The van der Waals surface area contributed by atoms with Crippen LogP contribution in [0.15, 0.2) is 23.1 Å². The molecule has 1 atom stereocenters. The van der Waals surface area contributed by atoms with Gasteiger partial charge in [0.2, 0.25) is 10.0 Å². The van der Waals surface area contributed by atoms with Gasteiger partial charge in [-0.3, -0.25) is 0 Å². The van der Waals surface area contributed by atoms with Gasteiger partial charge in [0.15, 0.2) is 0 Å². The minimum atomic E-state index is -3.67. The summed E-state index contributed by atoms with van der Waals surface area (Å²) in [6.45, 7) is 7.56. The van der Waals surface area contributed by atoms with Crippen LogP contribution in [-0.4, -0.2) is 26.7 Å². The Morgan fingerprint density at radius 3 is 2.40 bits per heavy atom. The molecule has 1 unspecified atom stereocenters. The predicted molar refractivity (Wildman–Crippen MR) is 78.2 cm³/mol. The molecule has 0 saturated heterocycles. The molecule has 20 heavy (non-hydrogen) atoms. The summed E-state index contributed by atoms with van der Waals surface area (Å²) in [4.78, 5) is 0.0771. The highest BCUT2D eigenvalue weighted by Crippen LogP contribution is 2.27. The van der Waals surface area contributed by atoms with Crippen LogP contribution >= 0.6 is 0 Å². The van der Waals surface area contributed by atoms with E-state index in [2.05, 4.69) is 4.72 Å². The summed E-state index contributed by atoms with van der Waals surface area (Å²) in [5.74, 6) is 0.227. The Bertz CT molecular complexity index is 561. The highest BCUT2D eigenvalue weighted by atomic mass is 32.2. The molecule has 0 heterocycles. The fourth-order valence-corrected chi connectivity index (χ4v) is 3.11. The van der Waals surface area contributed by atoms with Crippen molar-refractivity contribution in [1.29, 1.82) is 0 Å². The third-order valence-electron chi connectivity index (χ3n) is 3.33. The van der Waals surface area contributed by atoms with E-state index in [1.807, 2.05) is 27.7 Å². The summed E-state index contributed by atoms with van der Waals surface area (Å²) in [6, 6.07) is 4.31. The summed E-state index contributed by atoms with van der Waals surface area (Å²) < 4.78 is 32.6. The fraction of sp³-hybridized carbons (Fsp3) is 0.571. The Kier molecular flexibility index (Phi) is 5.18. The highest BCUT2D eigenvalue weighted by Gasteiger charge is 2.27. The molecular formula is C14H23NO4S. The van der Waals surface area contributed by atoms with E-state index in [0.29, 0.717) is 5.56 Å². The molecule has 1 aromatic rings. The van der Waals surface area contributed by atoms with E-state index in [9.17, 15) is 8.42 Å². The van der Waals surface area contributed by atoms with E-state index in [4.69, 9.17) is 9.84 Å². The van der Waals surface area contributed by atoms with Crippen LogP contribution < -0.4 is 9.46 Å². The fourth-order valence-electron chi connectivity index (χ4n) is 1.51. The molecule has 0 bridgehead atoms. The van der Waals surface area contributed by atoms with Crippen LogP contribution in [0.3, 0.4) is 0 Å². The Labute approximate surface area is 121 Å². The number of aliphatic hydroxyl groups is 1. The monoisotopic (exact) mass is 301 g/mol. The first kappa shape index (κ1) is 16.9. The van der Waals surface area contributed by atoms with Crippen molar-refractivity contribution in [2.45, 2.75) is 45.2 Å². The van der Waals surface area contributed by atoms with Crippen molar-refractivity contribution in [3.05, 3.63) is 23.8 Å². The van der Waals surface area contributed by atoms with E-state index in [-0.39, 0.29) is 28.7 Å². The third kappa shape index (κ3) is 3.94. The highest BCUT2D eigenvalue weighted by molar-refractivity contribution is 7.89. The van der Waals surface area contributed by atoms with Crippen LogP contribution in [0.1, 0.15) is 33.3 Å². The quantitative estimate of drug-likeness (QED) is 0.871. The van der Waals surface area contributed by atoms with Crippen molar-refractivity contribution < 1.29 is 18.3 Å². The molecule has 0 fully saturated rings. The molecule has 2 N–H and O–H groups in total. The molecule has 0 spiro atoms. The van der Waals surface area contributed by atoms with Crippen LogP contribution in [0.5, 0.6) is 5.75 Å². The summed E-state index contributed by atoms with van der Waals surface area (Å²) in [5, 5.41) is 9.08. The van der Waals surface area contributed by atoms with E-state index in [1.165, 1.54) is 19.2 Å². The Balaban J connectivity index is 3.16. The number of nitrogens with one attached hydrogen (secondary N) is 1. The SMILES string of the molecule is COc1cc(CO)ccc1S(=O)(=O)NC(C)C(C)(C)C. The van der Waals surface area contributed by atoms with Crippen molar-refractivity contribution >= 4 is 10.0 Å². The lowest BCUT2D eigenvalue weighted by molar-refractivity contribution is 0.280. The van der Waals surface area contributed by atoms with Crippen LogP contribution in [-0.2, 0) is 16.6 Å². The number of ether oxygens (including phenoxy) is 1. The van der Waals surface area contributed by atoms with Gasteiger partial charge in [-0.1, -0.05) is 26.8 Å². The van der Waals surface area contributed by atoms with E-state index in [0.717, 1.165) is 0 Å². The number of methoxy groups -OCH3 is 1. The van der Waals surface area contributed by atoms with Gasteiger partial charge in [0, 0.05) is 6.04 Å². The number of aliphatic hydroxyl groups excluding tert-OH is 1. The zero-order chi connectivity index (χ0) is 15.6. The third-order valence-corrected chi connectivity index (χ3v) is 4.91. The largest absolute Gasteiger partial charge is 0.495 e. The molecule has 1 aromatic carbocycles. The van der Waals surface area contributed by atoms with Crippen molar-refractivity contribution in [2.75, 3.05) is 7.11 Å². The van der Waals surface area contributed by atoms with Crippen LogP contribution in [0.4, 0.5) is 0 Å². The number of rotatable bonds is 5. The summed E-state index contributed by atoms with van der Waals surface area (Å²) in [7, 11) is -2.26. The molecule has 6 heteroatoms. The molecule has 0 aliphatic carbocycles. The van der Waals surface area contributed by atoms with Gasteiger partial charge in [-0.2, -0.15) is 0 Å². The van der Waals surface area contributed by atoms with E-state index in [1.54, 1.807) is 6.07 Å². The minimum absolute atomic E-state index is 0.0771. The Morgan fingerprint density at radius 2 is 1.95 bits per heavy atom. The molecule has 0 amide bonds. The summed E-state index contributed by atoms with van der Waals surface area (Å²) in [5.41, 5.74) is 0.412. The van der Waals surface area contributed by atoms with Crippen molar-refractivity contribution in [3.8, 4) is 5.75 Å². The summed E-state index contributed by atoms with van der Waals surface area (Å²) >= 11 is 0. The number of sulfonamides is 1. The van der Waals surface area contributed by atoms with Crippen LogP contribution in [0, 0.1) is 5.41 Å². The van der Waals surface area contributed by atoms with Gasteiger partial charge in [-0.25, -0.2) is 13.1 Å². The molecule has 0 saturated carbocycles. The second kappa shape index (κ2) is 6.11. The number of hydrogen-bond acceptors (Lipinski definition) is 4. The number of benzene rings is 1. The first-order valence-corrected chi connectivity index (χ1v) is 7.90. The minimum Gasteiger partial charge on any atom is -0.495 e. The topological polar surface area (TPSA) is 75.6 Å². The molecular weight excluding hydrogens is 278 g/mol. The lowest BCUT2D eigenvalue weighted by atomic mass is 9.89. The molecule has 0 aromatic heterocycles. The molecule has 1 rings (SSSR count). The van der Waals surface area contributed by atoms with E-state index < -0.39 is 10.0 Å². The predicted octanol–water partition coefficient (Wildman–Crippen LogP) is 1.90. The molecule has 5 nitrogen and oxygen atoms in total.